The number of benzene rings is 2. The largest absolute Gasteiger partial charge is 0.478 e. The molecule has 8 nitrogen and oxygen atoms in total. The number of carbonyl (C=O) groups excluding carboxylic acids is 1. The van der Waals surface area contributed by atoms with E-state index in [1.54, 1.807) is 11.3 Å². The highest BCUT2D eigenvalue weighted by Gasteiger charge is 2.54. The molecular formula is C28H30ClN3O5S. The summed E-state index contributed by atoms with van der Waals surface area (Å²) >= 11 is 7.49. The number of nitrogens with two attached hydrogens (primary N) is 1. The van der Waals surface area contributed by atoms with E-state index in [1.807, 2.05) is 17.9 Å². The molecule has 3 N–H and O–H groups in total. The van der Waals surface area contributed by atoms with Crippen LogP contribution in [0.1, 0.15) is 49.8 Å². The normalized spacial score (nSPS) is 22.7. The summed E-state index contributed by atoms with van der Waals surface area (Å²) in [6.45, 7) is 4.57. The molecule has 1 saturated carbocycles. The van der Waals surface area contributed by atoms with Gasteiger partial charge in [-0.1, -0.05) is 41.4 Å². The maximum absolute atomic E-state index is 13.2. The summed E-state index contributed by atoms with van der Waals surface area (Å²) in [5.41, 5.74) is 9.57. The fourth-order valence-corrected chi connectivity index (χ4v) is 6.49. The molecule has 2 aromatic carbocycles. The van der Waals surface area contributed by atoms with Gasteiger partial charge in [0.2, 0.25) is 6.29 Å². The van der Waals surface area contributed by atoms with E-state index in [0.29, 0.717) is 47.0 Å². The zero-order chi connectivity index (χ0) is 27.1. The van der Waals surface area contributed by atoms with Gasteiger partial charge in [-0.25, -0.2) is 9.78 Å². The van der Waals surface area contributed by atoms with Crippen molar-refractivity contribution in [1.82, 2.24) is 9.88 Å². The molecular weight excluding hydrogens is 526 g/mol. The van der Waals surface area contributed by atoms with Crippen LogP contribution >= 0.6 is 22.9 Å². The van der Waals surface area contributed by atoms with Crippen molar-refractivity contribution in [3.8, 4) is 16.2 Å². The van der Waals surface area contributed by atoms with Gasteiger partial charge >= 0.3 is 5.97 Å². The first kappa shape index (κ1) is 26.6. The molecule has 6 rings (SSSR count). The molecule has 1 aromatic heterocycles. The molecule has 1 aliphatic carbocycles. The van der Waals surface area contributed by atoms with Crippen LogP contribution in [0.5, 0.6) is 5.75 Å². The predicted molar refractivity (Wildman–Crippen MR) is 146 cm³/mol. The van der Waals surface area contributed by atoms with Crippen LogP contribution in [0.2, 0.25) is 5.02 Å². The predicted octanol–water partition coefficient (Wildman–Crippen LogP) is 4.93. The molecule has 3 aromatic rings. The van der Waals surface area contributed by atoms with Gasteiger partial charge in [0, 0.05) is 37.7 Å². The summed E-state index contributed by atoms with van der Waals surface area (Å²) < 4.78 is 10.4. The van der Waals surface area contributed by atoms with Gasteiger partial charge < -0.3 is 25.2 Å². The number of rotatable bonds is 5. The molecule has 200 valence electrons. The number of aromatic carboxylic acids is 1. The first-order valence-corrected chi connectivity index (χ1v) is 13.7. The first-order valence-electron chi connectivity index (χ1n) is 12.5. The van der Waals surface area contributed by atoms with Crippen LogP contribution in [0, 0.1) is 19.8 Å². The van der Waals surface area contributed by atoms with E-state index < -0.39 is 12.3 Å². The summed E-state index contributed by atoms with van der Waals surface area (Å²) in [6.07, 6.45) is 2.15. The number of methoxy groups -OCH3 is 1. The molecule has 1 unspecified atom stereocenters. The monoisotopic (exact) mass is 555 g/mol. The van der Waals surface area contributed by atoms with Crippen LogP contribution in [0.3, 0.4) is 0 Å². The number of aromatic nitrogens is 1. The topological polar surface area (TPSA) is 115 Å². The van der Waals surface area contributed by atoms with Gasteiger partial charge in [0.25, 0.3) is 5.91 Å². The summed E-state index contributed by atoms with van der Waals surface area (Å²) in [6, 6.07) is 11.8. The Bertz CT molecular complexity index is 1390. The van der Waals surface area contributed by atoms with Crippen molar-refractivity contribution in [3.63, 3.8) is 0 Å². The SMILES string of the molecule is COC1Cc2c(C(=O)O)ccc(Cl)c2O1.Cc1cccc(-c2sc(C)nc2C(=O)N2[C@H](CN)C[C@@H]3C[C@@H]32)c1. The van der Waals surface area contributed by atoms with Gasteiger partial charge in [0.05, 0.1) is 20.5 Å². The number of thiazole rings is 1. The number of amides is 1. The number of piperidine rings is 1. The number of fused-ring (bicyclic) bond motifs is 2. The molecule has 4 atom stereocenters. The van der Waals surface area contributed by atoms with E-state index in [4.69, 9.17) is 31.9 Å². The number of aryl methyl sites for hydroxylation is 2. The Kier molecular flexibility index (Phi) is 7.46. The van der Waals surface area contributed by atoms with Crippen LogP contribution in [-0.4, -0.2) is 58.9 Å². The highest BCUT2D eigenvalue weighted by Crippen LogP contribution is 2.48. The lowest BCUT2D eigenvalue weighted by Gasteiger charge is -2.26. The van der Waals surface area contributed by atoms with Gasteiger partial charge in [-0.05, 0) is 50.3 Å². The quantitative estimate of drug-likeness (QED) is 0.458. The van der Waals surface area contributed by atoms with E-state index in [9.17, 15) is 9.59 Å². The van der Waals surface area contributed by atoms with Gasteiger partial charge in [0.15, 0.2) is 0 Å². The van der Waals surface area contributed by atoms with Crippen LogP contribution in [0.4, 0.5) is 0 Å². The van der Waals surface area contributed by atoms with Crippen molar-refractivity contribution in [2.75, 3.05) is 13.7 Å². The van der Waals surface area contributed by atoms with Gasteiger partial charge in [-0.3, -0.25) is 4.79 Å². The molecule has 3 aliphatic rings. The third kappa shape index (κ3) is 5.03. The Morgan fingerprint density at radius 2 is 2.05 bits per heavy atom. The highest BCUT2D eigenvalue weighted by atomic mass is 35.5. The number of ether oxygens (including phenoxy) is 2. The number of nitrogens with zero attached hydrogens (tertiary/aromatic N) is 2. The molecule has 1 amide bonds. The molecule has 1 saturated heterocycles. The van der Waals surface area contributed by atoms with Gasteiger partial charge in [-0.15, -0.1) is 11.3 Å². The lowest BCUT2D eigenvalue weighted by Crippen LogP contribution is -2.42. The van der Waals surface area contributed by atoms with Crippen molar-refractivity contribution in [3.05, 3.63) is 68.8 Å². The van der Waals surface area contributed by atoms with Crippen molar-refractivity contribution in [1.29, 1.82) is 0 Å². The fourth-order valence-electron chi connectivity index (χ4n) is 5.36. The lowest BCUT2D eigenvalue weighted by atomic mass is 10.1. The minimum Gasteiger partial charge on any atom is -0.478 e. The smallest absolute Gasteiger partial charge is 0.336 e. The van der Waals surface area contributed by atoms with Crippen LogP contribution < -0.4 is 10.5 Å². The van der Waals surface area contributed by atoms with Gasteiger partial charge in [-0.2, -0.15) is 0 Å². The fraction of sp³-hybridized carbons (Fsp3) is 0.393. The summed E-state index contributed by atoms with van der Waals surface area (Å²) in [4.78, 5) is 31.7. The van der Waals surface area contributed by atoms with Crippen molar-refractivity contribution >= 4 is 34.8 Å². The number of carbonyl (C=O) groups is 2. The number of carboxylic acid groups (broad SMARTS) is 1. The van der Waals surface area contributed by atoms with E-state index in [-0.39, 0.29) is 17.5 Å². The maximum Gasteiger partial charge on any atom is 0.336 e. The number of carboxylic acids is 1. The van der Waals surface area contributed by atoms with Crippen LogP contribution in [0.15, 0.2) is 36.4 Å². The molecule has 3 heterocycles. The lowest BCUT2D eigenvalue weighted by molar-refractivity contribution is -0.0367. The standard InChI is InChI=1S/C18H21N3OS.C10H9ClO4/c1-10-4-3-5-12(6-10)17-16(20-11(2)23-17)18(22)21-14(9-19)7-13-8-15(13)21;1-14-8-4-6-5(10(12)13)2-3-7(11)9(6)15-8/h3-6,13-15H,7-9,19H2,1-2H3;2-3,8H,4H2,1H3,(H,12,13)/t13-,14+,15+;/m1./s1. The Morgan fingerprint density at radius 3 is 2.74 bits per heavy atom. The number of hydrogen-bond acceptors (Lipinski definition) is 7. The second-order valence-corrected chi connectivity index (χ2v) is 11.5. The molecule has 0 radical (unpaired) electrons. The van der Waals surface area contributed by atoms with E-state index >= 15 is 0 Å². The highest BCUT2D eigenvalue weighted by molar-refractivity contribution is 7.15. The summed E-state index contributed by atoms with van der Waals surface area (Å²) in [5, 5.41) is 10.3. The minimum absolute atomic E-state index is 0.0614. The maximum atomic E-state index is 13.2. The van der Waals surface area contributed by atoms with Crippen molar-refractivity contribution in [2.24, 2.45) is 11.7 Å². The molecule has 10 heteroatoms. The Morgan fingerprint density at radius 1 is 1.26 bits per heavy atom. The molecule has 0 bridgehead atoms. The third-order valence-electron chi connectivity index (χ3n) is 7.26. The summed E-state index contributed by atoms with van der Waals surface area (Å²) in [5.74, 6) is 0.160. The van der Waals surface area contributed by atoms with E-state index in [2.05, 4.69) is 30.1 Å². The third-order valence-corrected chi connectivity index (χ3v) is 8.58. The first-order chi connectivity index (χ1) is 18.2. The summed E-state index contributed by atoms with van der Waals surface area (Å²) in [7, 11) is 1.50. The zero-order valence-electron chi connectivity index (χ0n) is 21.4. The minimum atomic E-state index is -0.983. The van der Waals surface area contributed by atoms with E-state index in [1.165, 1.54) is 24.8 Å². The number of likely N-dealkylation sites (tertiary alicyclic amines) is 1. The average molecular weight is 556 g/mol. The molecule has 2 aliphatic heterocycles. The van der Waals surface area contributed by atoms with E-state index in [0.717, 1.165) is 28.3 Å². The molecule has 0 spiro atoms. The Balaban J connectivity index is 0.000000170. The van der Waals surface area contributed by atoms with Crippen LogP contribution in [-0.2, 0) is 11.2 Å². The van der Waals surface area contributed by atoms with Crippen molar-refractivity contribution < 1.29 is 24.2 Å². The number of hydrogen-bond donors (Lipinski definition) is 2. The zero-order valence-corrected chi connectivity index (χ0v) is 23.0. The number of halogens is 1. The second-order valence-electron chi connectivity index (χ2n) is 9.88. The second kappa shape index (κ2) is 10.6. The van der Waals surface area contributed by atoms with Gasteiger partial charge in [0.1, 0.15) is 11.4 Å². The molecule has 38 heavy (non-hydrogen) atoms. The molecule has 2 fully saturated rings. The van der Waals surface area contributed by atoms with Crippen molar-refractivity contribution in [2.45, 2.75) is 51.5 Å². The van der Waals surface area contributed by atoms with Crippen LogP contribution in [0.25, 0.3) is 10.4 Å². The Hall–Kier alpha value is -2.98. The average Bonchev–Trinajstić information content (AvgIpc) is 3.23. The Labute approximate surface area is 230 Å².